The molecule has 1 fully saturated rings. The van der Waals surface area contributed by atoms with Crippen LogP contribution in [0.4, 0.5) is 0 Å². The molecule has 114 valence electrons. The number of nitrogens with one attached hydrogen (secondary N) is 1. The average molecular weight is 290 g/mol. The highest BCUT2D eigenvalue weighted by Crippen LogP contribution is 2.14. The van der Waals surface area contributed by atoms with Crippen molar-refractivity contribution in [2.45, 2.75) is 19.3 Å². The molecule has 1 atom stereocenters. The van der Waals surface area contributed by atoms with Crippen molar-refractivity contribution in [3.63, 3.8) is 0 Å². The molecule has 1 aliphatic rings. The highest BCUT2D eigenvalue weighted by atomic mass is 16.3. The number of piperidine rings is 1. The van der Waals surface area contributed by atoms with Crippen molar-refractivity contribution in [2.75, 3.05) is 26.2 Å². The molecule has 1 unspecified atom stereocenters. The van der Waals surface area contributed by atoms with E-state index in [1.54, 1.807) is 4.90 Å². The zero-order valence-corrected chi connectivity index (χ0v) is 12.1. The largest absolute Gasteiger partial charge is 0.395 e. The summed E-state index contributed by atoms with van der Waals surface area (Å²) in [4.78, 5) is 25.3. The Kier molecular flexibility index (Phi) is 5.75. The van der Waals surface area contributed by atoms with E-state index < -0.39 is 0 Å². The summed E-state index contributed by atoms with van der Waals surface area (Å²) in [5.74, 6) is -0.123. The fourth-order valence-electron chi connectivity index (χ4n) is 2.56. The number of hydrogen-bond donors (Lipinski definition) is 2. The summed E-state index contributed by atoms with van der Waals surface area (Å²) in [6.45, 7) is 1.30. The summed E-state index contributed by atoms with van der Waals surface area (Å²) in [5, 5.41) is 11.9. The molecule has 2 rings (SSSR count). The zero-order valence-electron chi connectivity index (χ0n) is 12.1. The topological polar surface area (TPSA) is 69.6 Å². The van der Waals surface area contributed by atoms with E-state index in [-0.39, 0.29) is 24.3 Å². The van der Waals surface area contributed by atoms with Crippen molar-refractivity contribution in [1.29, 1.82) is 0 Å². The van der Waals surface area contributed by atoms with Gasteiger partial charge in [-0.2, -0.15) is 0 Å². The molecule has 1 aromatic rings. The number of aliphatic hydroxyl groups excluding tert-OH is 1. The zero-order chi connectivity index (χ0) is 15.1. The maximum absolute atomic E-state index is 12.5. The third-order valence-corrected chi connectivity index (χ3v) is 3.81. The Hall–Kier alpha value is -1.88. The fourth-order valence-corrected chi connectivity index (χ4v) is 2.56. The van der Waals surface area contributed by atoms with Crippen LogP contribution in [0.15, 0.2) is 30.3 Å². The van der Waals surface area contributed by atoms with Gasteiger partial charge in [0.2, 0.25) is 11.8 Å². The lowest BCUT2D eigenvalue weighted by atomic mass is 9.97. The molecule has 0 spiro atoms. The molecule has 1 aliphatic heterocycles. The van der Waals surface area contributed by atoms with Gasteiger partial charge < -0.3 is 15.3 Å². The normalized spacial score (nSPS) is 18.1. The fraction of sp³-hybridized carbons (Fsp3) is 0.500. The SMILES string of the molecule is O=C1CCC(C(=O)N(CCO)CCc2ccccc2)CN1. The van der Waals surface area contributed by atoms with Gasteiger partial charge in [0, 0.05) is 26.1 Å². The maximum atomic E-state index is 12.5. The Morgan fingerprint density at radius 2 is 2.05 bits per heavy atom. The number of rotatable bonds is 6. The van der Waals surface area contributed by atoms with Crippen molar-refractivity contribution in [1.82, 2.24) is 10.2 Å². The minimum Gasteiger partial charge on any atom is -0.395 e. The third kappa shape index (κ3) is 4.56. The molecule has 0 radical (unpaired) electrons. The lowest BCUT2D eigenvalue weighted by molar-refractivity contribution is -0.138. The van der Waals surface area contributed by atoms with Gasteiger partial charge in [-0.3, -0.25) is 9.59 Å². The standard InChI is InChI=1S/C16H22N2O3/c19-11-10-18(9-8-13-4-2-1-3-5-13)16(21)14-6-7-15(20)17-12-14/h1-5,14,19H,6-12H2,(H,17,20). The van der Waals surface area contributed by atoms with E-state index >= 15 is 0 Å². The van der Waals surface area contributed by atoms with E-state index in [1.807, 2.05) is 30.3 Å². The predicted molar refractivity (Wildman–Crippen MR) is 79.5 cm³/mol. The molecule has 5 heteroatoms. The van der Waals surface area contributed by atoms with E-state index in [9.17, 15) is 9.59 Å². The van der Waals surface area contributed by atoms with Crippen LogP contribution >= 0.6 is 0 Å². The van der Waals surface area contributed by atoms with E-state index in [4.69, 9.17) is 5.11 Å². The van der Waals surface area contributed by atoms with Crippen LogP contribution in [0.1, 0.15) is 18.4 Å². The van der Waals surface area contributed by atoms with Crippen LogP contribution in [0.25, 0.3) is 0 Å². The first-order valence-corrected chi connectivity index (χ1v) is 7.41. The summed E-state index contributed by atoms with van der Waals surface area (Å²) in [6.07, 6.45) is 1.77. The number of amides is 2. The first kappa shape index (κ1) is 15.5. The maximum Gasteiger partial charge on any atom is 0.227 e. The lowest BCUT2D eigenvalue weighted by Gasteiger charge is -2.29. The van der Waals surface area contributed by atoms with Crippen LogP contribution in [0.3, 0.4) is 0 Å². The van der Waals surface area contributed by atoms with E-state index in [1.165, 1.54) is 5.56 Å². The summed E-state index contributed by atoms with van der Waals surface area (Å²) >= 11 is 0. The van der Waals surface area contributed by atoms with Gasteiger partial charge in [0.15, 0.2) is 0 Å². The molecule has 2 N–H and O–H groups in total. The minimum absolute atomic E-state index is 0.0112. The molecule has 2 amide bonds. The summed E-state index contributed by atoms with van der Waals surface area (Å²) in [7, 11) is 0. The van der Waals surface area contributed by atoms with Crippen LogP contribution < -0.4 is 5.32 Å². The Bertz CT molecular complexity index is 466. The van der Waals surface area contributed by atoms with E-state index in [2.05, 4.69) is 5.32 Å². The van der Waals surface area contributed by atoms with Gasteiger partial charge in [-0.1, -0.05) is 30.3 Å². The van der Waals surface area contributed by atoms with Crippen molar-refractivity contribution in [3.8, 4) is 0 Å². The van der Waals surface area contributed by atoms with Gasteiger partial charge in [0.05, 0.1) is 12.5 Å². The van der Waals surface area contributed by atoms with Gasteiger partial charge in [0.1, 0.15) is 0 Å². The Balaban J connectivity index is 1.91. The number of carbonyl (C=O) groups excluding carboxylic acids is 2. The Morgan fingerprint density at radius 1 is 1.29 bits per heavy atom. The lowest BCUT2D eigenvalue weighted by Crippen LogP contribution is -2.46. The molecule has 0 saturated carbocycles. The van der Waals surface area contributed by atoms with Gasteiger partial charge in [-0.05, 0) is 18.4 Å². The molecular weight excluding hydrogens is 268 g/mol. The highest BCUT2D eigenvalue weighted by molar-refractivity contribution is 5.83. The summed E-state index contributed by atoms with van der Waals surface area (Å²) in [5.41, 5.74) is 1.17. The van der Waals surface area contributed by atoms with E-state index in [0.29, 0.717) is 32.5 Å². The number of nitrogens with zero attached hydrogens (tertiary/aromatic N) is 1. The first-order valence-electron chi connectivity index (χ1n) is 7.41. The smallest absolute Gasteiger partial charge is 0.227 e. The molecule has 0 aliphatic carbocycles. The monoisotopic (exact) mass is 290 g/mol. The number of aliphatic hydroxyl groups is 1. The molecule has 1 aromatic carbocycles. The van der Waals surface area contributed by atoms with Crippen LogP contribution in [0.5, 0.6) is 0 Å². The first-order chi connectivity index (χ1) is 10.2. The molecule has 21 heavy (non-hydrogen) atoms. The average Bonchev–Trinajstić information content (AvgIpc) is 2.52. The number of hydrogen-bond acceptors (Lipinski definition) is 3. The van der Waals surface area contributed by atoms with Crippen LogP contribution in [-0.4, -0.2) is 48.1 Å². The highest BCUT2D eigenvalue weighted by Gasteiger charge is 2.27. The quantitative estimate of drug-likeness (QED) is 0.805. The van der Waals surface area contributed by atoms with Crippen molar-refractivity contribution < 1.29 is 14.7 Å². The Labute approximate surface area is 125 Å². The predicted octanol–water partition coefficient (Wildman–Crippen LogP) is 0.576. The molecular formula is C16H22N2O3. The van der Waals surface area contributed by atoms with Gasteiger partial charge in [-0.25, -0.2) is 0 Å². The third-order valence-electron chi connectivity index (χ3n) is 3.81. The Morgan fingerprint density at radius 3 is 2.67 bits per heavy atom. The number of carbonyl (C=O) groups is 2. The van der Waals surface area contributed by atoms with Crippen molar-refractivity contribution in [3.05, 3.63) is 35.9 Å². The second-order valence-corrected chi connectivity index (χ2v) is 5.32. The van der Waals surface area contributed by atoms with Crippen molar-refractivity contribution in [2.24, 2.45) is 5.92 Å². The minimum atomic E-state index is -0.162. The summed E-state index contributed by atoms with van der Waals surface area (Å²) < 4.78 is 0. The van der Waals surface area contributed by atoms with Gasteiger partial charge in [0.25, 0.3) is 0 Å². The molecule has 1 saturated heterocycles. The van der Waals surface area contributed by atoms with Crippen LogP contribution in [-0.2, 0) is 16.0 Å². The van der Waals surface area contributed by atoms with Crippen LogP contribution in [0, 0.1) is 5.92 Å². The second kappa shape index (κ2) is 7.78. The number of benzene rings is 1. The molecule has 1 heterocycles. The van der Waals surface area contributed by atoms with E-state index in [0.717, 1.165) is 6.42 Å². The second-order valence-electron chi connectivity index (χ2n) is 5.32. The van der Waals surface area contributed by atoms with Crippen molar-refractivity contribution >= 4 is 11.8 Å². The van der Waals surface area contributed by atoms with Gasteiger partial charge >= 0.3 is 0 Å². The van der Waals surface area contributed by atoms with Crippen LogP contribution in [0.2, 0.25) is 0 Å². The summed E-state index contributed by atoms with van der Waals surface area (Å²) in [6, 6.07) is 9.98. The molecule has 0 bridgehead atoms. The molecule has 0 aromatic heterocycles. The molecule has 5 nitrogen and oxygen atoms in total. The van der Waals surface area contributed by atoms with Gasteiger partial charge in [-0.15, -0.1) is 0 Å².